The van der Waals surface area contributed by atoms with Crippen molar-refractivity contribution in [3.63, 3.8) is 0 Å². The number of aliphatic carboxylic acids is 1. The number of alkyl carbamates (subject to hydrolysis) is 1. The molecular weight excluding hydrogens is 482 g/mol. The highest BCUT2D eigenvalue weighted by Gasteiger charge is 2.20. The number of aliphatic hydroxyl groups is 1. The summed E-state index contributed by atoms with van der Waals surface area (Å²) < 4.78 is 11.2. The van der Waals surface area contributed by atoms with Crippen LogP contribution in [-0.2, 0) is 22.6 Å². The zero-order valence-corrected chi connectivity index (χ0v) is 21.2. The number of ether oxygens (including phenoxy) is 2. The lowest BCUT2D eigenvalue weighted by atomic mass is 9.98. The van der Waals surface area contributed by atoms with Crippen LogP contribution in [0.2, 0.25) is 5.02 Å². The van der Waals surface area contributed by atoms with Gasteiger partial charge in [-0.2, -0.15) is 0 Å². The minimum Gasteiger partial charge on any atom is -0.489 e. The Morgan fingerprint density at radius 3 is 2.44 bits per heavy atom. The zero-order valence-electron chi connectivity index (χ0n) is 20.5. The van der Waals surface area contributed by atoms with E-state index in [1.807, 2.05) is 36.4 Å². The van der Waals surface area contributed by atoms with Gasteiger partial charge >= 0.3 is 12.1 Å². The molecule has 1 amide bonds. The second-order valence-corrected chi connectivity index (χ2v) is 9.76. The van der Waals surface area contributed by atoms with E-state index in [4.69, 9.17) is 26.2 Å². The molecule has 3 rings (SSSR count). The molecule has 0 bridgehead atoms. The van der Waals surface area contributed by atoms with Crippen molar-refractivity contribution < 1.29 is 29.3 Å². The lowest BCUT2D eigenvalue weighted by Crippen LogP contribution is -2.36. The Morgan fingerprint density at radius 1 is 1.00 bits per heavy atom. The first kappa shape index (κ1) is 27.0. The van der Waals surface area contributed by atoms with Crippen LogP contribution in [0, 0.1) is 0 Å². The number of hydrogen-bond donors (Lipinski definition) is 3. The van der Waals surface area contributed by atoms with Gasteiger partial charge in [-0.25, -0.2) is 4.79 Å². The summed E-state index contributed by atoms with van der Waals surface area (Å²) in [6.45, 7) is 5.21. The standard InChI is InChI=1S/C28H30ClNO6/c1-28(2,3)36-27(34)30-24(16-31)20-9-6-8-19(13-20)22-11-18(12-23(29)14-22)17-35-25-10-5-4-7-21(25)15-26(32)33/h4-14,24,31H,15-17H2,1-3H3,(H,30,34)(H,32,33). The van der Waals surface area contributed by atoms with E-state index in [9.17, 15) is 14.7 Å². The Labute approximate surface area is 215 Å². The number of benzene rings is 3. The van der Waals surface area contributed by atoms with Crippen molar-refractivity contribution in [3.05, 3.63) is 88.4 Å². The van der Waals surface area contributed by atoms with Gasteiger partial charge in [-0.3, -0.25) is 4.79 Å². The van der Waals surface area contributed by atoms with Gasteiger partial charge in [0.2, 0.25) is 0 Å². The molecule has 0 fully saturated rings. The molecule has 0 aliphatic carbocycles. The Hall–Kier alpha value is -3.55. The lowest BCUT2D eigenvalue weighted by molar-refractivity contribution is -0.136. The number of rotatable bonds is 9. The van der Waals surface area contributed by atoms with Gasteiger partial charge in [-0.1, -0.05) is 48.0 Å². The van der Waals surface area contributed by atoms with Crippen molar-refractivity contribution in [2.24, 2.45) is 0 Å². The number of nitrogens with one attached hydrogen (secondary N) is 1. The van der Waals surface area contributed by atoms with Gasteiger partial charge in [0.25, 0.3) is 0 Å². The van der Waals surface area contributed by atoms with Crippen molar-refractivity contribution in [2.75, 3.05) is 6.61 Å². The molecule has 36 heavy (non-hydrogen) atoms. The number of carboxylic acids is 1. The number of carbonyl (C=O) groups is 2. The summed E-state index contributed by atoms with van der Waals surface area (Å²) >= 11 is 6.39. The van der Waals surface area contributed by atoms with Gasteiger partial charge in [0.1, 0.15) is 18.0 Å². The van der Waals surface area contributed by atoms with Crippen LogP contribution in [0.25, 0.3) is 11.1 Å². The van der Waals surface area contributed by atoms with E-state index < -0.39 is 23.7 Å². The number of aliphatic hydroxyl groups excluding tert-OH is 1. The van der Waals surface area contributed by atoms with Crippen LogP contribution in [0.1, 0.15) is 43.5 Å². The summed E-state index contributed by atoms with van der Waals surface area (Å²) in [7, 11) is 0. The molecule has 190 valence electrons. The van der Waals surface area contributed by atoms with Gasteiger partial charge < -0.3 is 25.0 Å². The molecule has 0 radical (unpaired) electrons. The molecule has 7 nitrogen and oxygen atoms in total. The fourth-order valence-corrected chi connectivity index (χ4v) is 3.89. The molecule has 0 spiro atoms. The van der Waals surface area contributed by atoms with Crippen LogP contribution >= 0.6 is 11.6 Å². The summed E-state index contributed by atoms with van der Waals surface area (Å²) in [6.07, 6.45) is -0.745. The second-order valence-electron chi connectivity index (χ2n) is 9.32. The second kappa shape index (κ2) is 11.9. The highest BCUT2D eigenvalue weighted by molar-refractivity contribution is 6.31. The van der Waals surface area contributed by atoms with Crippen molar-refractivity contribution in [2.45, 2.75) is 45.4 Å². The summed E-state index contributed by atoms with van der Waals surface area (Å²) in [4.78, 5) is 23.3. The molecule has 8 heteroatoms. The summed E-state index contributed by atoms with van der Waals surface area (Å²) in [5.74, 6) is -0.430. The van der Waals surface area contributed by atoms with E-state index in [2.05, 4.69) is 5.32 Å². The van der Waals surface area contributed by atoms with Gasteiger partial charge in [-0.15, -0.1) is 0 Å². The van der Waals surface area contributed by atoms with Crippen molar-refractivity contribution in [1.82, 2.24) is 5.32 Å². The maximum atomic E-state index is 12.2. The first-order valence-electron chi connectivity index (χ1n) is 11.5. The molecule has 3 aromatic rings. The smallest absolute Gasteiger partial charge is 0.408 e. The van der Waals surface area contributed by atoms with Crippen LogP contribution < -0.4 is 10.1 Å². The van der Waals surface area contributed by atoms with Crippen LogP contribution in [0.5, 0.6) is 5.75 Å². The van der Waals surface area contributed by atoms with Gasteiger partial charge in [0, 0.05) is 10.6 Å². The lowest BCUT2D eigenvalue weighted by Gasteiger charge is -2.23. The van der Waals surface area contributed by atoms with E-state index in [1.54, 1.807) is 51.1 Å². The Bertz CT molecular complexity index is 1220. The van der Waals surface area contributed by atoms with E-state index in [1.165, 1.54) is 0 Å². The van der Waals surface area contributed by atoms with Crippen LogP contribution in [0.15, 0.2) is 66.7 Å². The molecule has 3 aromatic carbocycles. The van der Waals surface area contributed by atoms with Crippen LogP contribution in [0.3, 0.4) is 0 Å². The predicted molar refractivity (Wildman–Crippen MR) is 138 cm³/mol. The molecule has 0 aliphatic heterocycles. The van der Waals surface area contributed by atoms with Crippen LogP contribution in [-0.4, -0.2) is 34.5 Å². The van der Waals surface area contributed by atoms with E-state index in [0.29, 0.717) is 21.9 Å². The number of carboxylic acid groups (broad SMARTS) is 1. The summed E-state index contributed by atoms with van der Waals surface area (Å²) in [6, 6.07) is 19.3. The number of halogens is 1. The average Bonchev–Trinajstić information content (AvgIpc) is 2.80. The van der Waals surface area contributed by atoms with E-state index in [0.717, 1.165) is 16.7 Å². The van der Waals surface area contributed by atoms with Crippen molar-refractivity contribution in [3.8, 4) is 16.9 Å². The summed E-state index contributed by atoms with van der Waals surface area (Å²) in [5.41, 5.74) is 3.12. The number of carbonyl (C=O) groups excluding carboxylic acids is 1. The maximum absolute atomic E-state index is 12.2. The molecule has 0 heterocycles. The first-order chi connectivity index (χ1) is 17.0. The first-order valence-corrected chi connectivity index (χ1v) is 11.8. The third-order valence-corrected chi connectivity index (χ3v) is 5.38. The highest BCUT2D eigenvalue weighted by Crippen LogP contribution is 2.29. The Balaban J connectivity index is 1.80. The average molecular weight is 512 g/mol. The molecule has 1 unspecified atom stereocenters. The topological polar surface area (TPSA) is 105 Å². The quantitative estimate of drug-likeness (QED) is 0.337. The van der Waals surface area contributed by atoms with Crippen molar-refractivity contribution >= 4 is 23.7 Å². The SMILES string of the molecule is CC(C)(C)OC(=O)NC(CO)c1cccc(-c2cc(Cl)cc(COc3ccccc3CC(=O)O)c2)c1. The van der Waals surface area contributed by atoms with Crippen molar-refractivity contribution in [1.29, 1.82) is 0 Å². The molecule has 1 atom stereocenters. The van der Waals surface area contributed by atoms with Gasteiger partial charge in [0.05, 0.1) is 19.1 Å². The fourth-order valence-electron chi connectivity index (χ4n) is 3.63. The predicted octanol–water partition coefficient (Wildman–Crippen LogP) is 5.77. The number of para-hydroxylation sites is 1. The monoisotopic (exact) mass is 511 g/mol. The highest BCUT2D eigenvalue weighted by atomic mass is 35.5. The number of hydrogen-bond acceptors (Lipinski definition) is 5. The minimum absolute atomic E-state index is 0.132. The summed E-state index contributed by atoms with van der Waals surface area (Å²) in [5, 5.41) is 22.2. The molecule has 0 saturated carbocycles. The molecule has 3 N–H and O–H groups in total. The third kappa shape index (κ3) is 8.00. The third-order valence-electron chi connectivity index (χ3n) is 5.16. The molecule has 0 saturated heterocycles. The fraction of sp³-hybridized carbons (Fsp3) is 0.286. The maximum Gasteiger partial charge on any atom is 0.408 e. The Kier molecular flexibility index (Phi) is 8.96. The normalized spacial score (nSPS) is 12.0. The van der Waals surface area contributed by atoms with E-state index >= 15 is 0 Å². The largest absolute Gasteiger partial charge is 0.489 e. The van der Waals surface area contributed by atoms with Crippen LogP contribution in [0.4, 0.5) is 4.79 Å². The molecule has 0 aliphatic rings. The molecular formula is C28H30ClNO6. The zero-order chi connectivity index (χ0) is 26.3. The number of amides is 1. The van der Waals surface area contributed by atoms with Gasteiger partial charge in [0.15, 0.2) is 0 Å². The molecule has 0 aromatic heterocycles. The van der Waals surface area contributed by atoms with E-state index in [-0.39, 0.29) is 19.6 Å². The minimum atomic E-state index is -0.932. The Morgan fingerprint density at radius 2 is 1.75 bits per heavy atom. The van der Waals surface area contributed by atoms with Gasteiger partial charge in [-0.05, 0) is 73.4 Å².